The van der Waals surface area contributed by atoms with Crippen LogP contribution in [0.15, 0.2) is 24.3 Å². The number of methoxy groups -OCH3 is 1. The largest absolute Gasteiger partial charge is 0.497 e. The second-order valence-electron chi connectivity index (χ2n) is 7.00. The first-order valence-corrected chi connectivity index (χ1v) is 9.32. The molecule has 0 unspecified atom stereocenters. The van der Waals surface area contributed by atoms with Crippen LogP contribution in [0.4, 0.5) is 5.69 Å². The van der Waals surface area contributed by atoms with Gasteiger partial charge in [0.1, 0.15) is 5.75 Å². The first kappa shape index (κ1) is 18.5. The van der Waals surface area contributed by atoms with Crippen molar-refractivity contribution in [2.24, 2.45) is 0 Å². The smallest absolute Gasteiger partial charge is 0.277 e. The summed E-state index contributed by atoms with van der Waals surface area (Å²) < 4.78 is 5.20. The molecule has 1 aromatic carbocycles. The minimum atomic E-state index is 0.130. The Hall–Kier alpha value is -2.28. The first-order chi connectivity index (χ1) is 12.6. The molecule has 2 heterocycles. The fourth-order valence-corrected chi connectivity index (χ4v) is 3.65. The molecule has 2 fully saturated rings. The molecule has 1 N–H and O–H groups in total. The van der Waals surface area contributed by atoms with Crippen LogP contribution in [-0.2, 0) is 9.59 Å². The Morgan fingerprint density at radius 1 is 0.962 bits per heavy atom. The molecule has 0 aromatic heterocycles. The lowest BCUT2D eigenvalue weighted by molar-refractivity contribution is -0.896. The number of hydrogen-bond donors (Lipinski definition) is 1. The average Bonchev–Trinajstić information content (AvgIpc) is 2.68. The molecule has 0 saturated carbocycles. The summed E-state index contributed by atoms with van der Waals surface area (Å²) in [7, 11) is 1.67. The van der Waals surface area contributed by atoms with E-state index in [2.05, 4.69) is 17.0 Å². The predicted molar refractivity (Wildman–Crippen MR) is 99.6 cm³/mol. The van der Waals surface area contributed by atoms with Gasteiger partial charge in [-0.1, -0.05) is 0 Å². The van der Waals surface area contributed by atoms with E-state index in [1.54, 1.807) is 14.0 Å². The number of hydrogen-bond acceptors (Lipinski definition) is 4. The number of ether oxygens (including phenoxy) is 1. The number of rotatable bonds is 4. The van der Waals surface area contributed by atoms with Crippen LogP contribution in [-0.4, -0.2) is 87.6 Å². The molecule has 1 aromatic rings. The maximum absolute atomic E-state index is 12.6. The summed E-state index contributed by atoms with van der Waals surface area (Å²) in [5.41, 5.74) is 1.17. The number of anilines is 1. The number of benzene rings is 1. The molecular weight excluding hydrogens is 332 g/mol. The standard InChI is InChI=1S/C19H28N4O3/c1-16(24)21-9-7-20(8-10-21)15-19(25)23-13-11-22(12-14-23)17-3-5-18(26-2)6-4-17/h3-6H,7-15H2,1-2H3/p+1. The van der Waals surface area contributed by atoms with Gasteiger partial charge in [-0.25, -0.2) is 0 Å². The van der Waals surface area contributed by atoms with Crippen molar-refractivity contribution in [3.05, 3.63) is 24.3 Å². The summed E-state index contributed by atoms with van der Waals surface area (Å²) >= 11 is 0. The third-order valence-electron chi connectivity index (χ3n) is 5.39. The molecule has 26 heavy (non-hydrogen) atoms. The highest BCUT2D eigenvalue weighted by Crippen LogP contribution is 2.20. The minimum Gasteiger partial charge on any atom is -0.497 e. The highest BCUT2D eigenvalue weighted by Gasteiger charge is 2.27. The van der Waals surface area contributed by atoms with E-state index in [4.69, 9.17) is 4.74 Å². The lowest BCUT2D eigenvalue weighted by atomic mass is 10.2. The van der Waals surface area contributed by atoms with Crippen molar-refractivity contribution in [1.29, 1.82) is 0 Å². The van der Waals surface area contributed by atoms with Crippen molar-refractivity contribution < 1.29 is 19.2 Å². The predicted octanol–water partition coefficient (Wildman–Crippen LogP) is -0.909. The Kier molecular flexibility index (Phi) is 5.98. The number of nitrogens with one attached hydrogen (secondary N) is 1. The molecule has 2 aliphatic heterocycles. The van der Waals surface area contributed by atoms with Gasteiger partial charge in [0.05, 0.1) is 33.3 Å². The van der Waals surface area contributed by atoms with E-state index >= 15 is 0 Å². The molecule has 0 spiro atoms. The number of amides is 2. The van der Waals surface area contributed by atoms with Crippen LogP contribution >= 0.6 is 0 Å². The normalized spacial score (nSPS) is 18.8. The summed E-state index contributed by atoms with van der Waals surface area (Å²) in [5, 5.41) is 0. The number of carbonyl (C=O) groups excluding carboxylic acids is 2. The van der Waals surface area contributed by atoms with Gasteiger partial charge in [0.2, 0.25) is 5.91 Å². The van der Waals surface area contributed by atoms with Crippen LogP contribution in [0, 0.1) is 0 Å². The van der Waals surface area contributed by atoms with Crippen molar-refractivity contribution in [3.63, 3.8) is 0 Å². The van der Waals surface area contributed by atoms with Crippen molar-refractivity contribution in [2.75, 3.05) is 70.9 Å². The molecule has 7 heteroatoms. The fraction of sp³-hybridized carbons (Fsp3) is 0.579. The van der Waals surface area contributed by atoms with Crippen LogP contribution in [0.3, 0.4) is 0 Å². The number of quaternary nitrogens is 1. The second kappa shape index (κ2) is 8.40. The Balaban J connectivity index is 1.44. The second-order valence-corrected chi connectivity index (χ2v) is 7.00. The third kappa shape index (κ3) is 4.46. The van der Waals surface area contributed by atoms with Crippen molar-refractivity contribution in [1.82, 2.24) is 9.80 Å². The molecule has 2 aliphatic rings. The molecule has 0 radical (unpaired) electrons. The molecule has 0 aliphatic carbocycles. The van der Waals surface area contributed by atoms with Crippen LogP contribution in [0.1, 0.15) is 6.92 Å². The van der Waals surface area contributed by atoms with Gasteiger partial charge < -0.3 is 24.3 Å². The van der Waals surface area contributed by atoms with E-state index in [-0.39, 0.29) is 11.8 Å². The highest BCUT2D eigenvalue weighted by molar-refractivity contribution is 5.77. The summed E-state index contributed by atoms with van der Waals surface area (Å²) in [6.07, 6.45) is 0. The highest BCUT2D eigenvalue weighted by atomic mass is 16.5. The average molecular weight is 361 g/mol. The van der Waals surface area contributed by atoms with Gasteiger partial charge in [0.15, 0.2) is 6.54 Å². The van der Waals surface area contributed by atoms with Crippen LogP contribution < -0.4 is 14.5 Å². The van der Waals surface area contributed by atoms with Crippen molar-refractivity contribution >= 4 is 17.5 Å². The van der Waals surface area contributed by atoms with E-state index in [9.17, 15) is 9.59 Å². The third-order valence-corrected chi connectivity index (χ3v) is 5.39. The number of piperazine rings is 2. The maximum Gasteiger partial charge on any atom is 0.277 e. The molecule has 2 amide bonds. The zero-order valence-corrected chi connectivity index (χ0v) is 15.7. The van der Waals surface area contributed by atoms with Gasteiger partial charge in [-0.2, -0.15) is 0 Å². The number of carbonyl (C=O) groups is 2. The van der Waals surface area contributed by atoms with Gasteiger partial charge in [-0.15, -0.1) is 0 Å². The summed E-state index contributed by atoms with van der Waals surface area (Å²) in [6, 6.07) is 8.07. The molecule has 0 bridgehead atoms. The Morgan fingerprint density at radius 2 is 1.58 bits per heavy atom. The Bertz CT molecular complexity index is 618. The zero-order valence-electron chi connectivity index (χ0n) is 15.7. The molecule has 0 atom stereocenters. The molecule has 142 valence electrons. The van der Waals surface area contributed by atoms with Crippen LogP contribution in [0.5, 0.6) is 5.75 Å². The van der Waals surface area contributed by atoms with Gasteiger partial charge in [-0.3, -0.25) is 9.59 Å². The van der Waals surface area contributed by atoms with Gasteiger partial charge in [0, 0.05) is 38.8 Å². The van der Waals surface area contributed by atoms with Crippen LogP contribution in [0.2, 0.25) is 0 Å². The maximum atomic E-state index is 12.6. The molecular formula is C19H29N4O3+. The van der Waals surface area contributed by atoms with Crippen molar-refractivity contribution in [2.45, 2.75) is 6.92 Å². The van der Waals surface area contributed by atoms with E-state index in [1.807, 2.05) is 21.9 Å². The van der Waals surface area contributed by atoms with Gasteiger partial charge in [-0.05, 0) is 24.3 Å². The minimum absolute atomic E-state index is 0.130. The van der Waals surface area contributed by atoms with Crippen molar-refractivity contribution in [3.8, 4) is 5.75 Å². The SMILES string of the molecule is COc1ccc(N2CCN(C(=O)C[NH+]3CCN(C(C)=O)CC3)CC2)cc1. The molecule has 2 saturated heterocycles. The summed E-state index contributed by atoms with van der Waals surface area (Å²) in [4.78, 5) is 31.4. The van der Waals surface area contributed by atoms with E-state index in [1.165, 1.54) is 10.6 Å². The molecule has 7 nitrogen and oxygen atoms in total. The molecule has 3 rings (SSSR count). The van der Waals surface area contributed by atoms with Gasteiger partial charge >= 0.3 is 0 Å². The Morgan fingerprint density at radius 3 is 2.12 bits per heavy atom. The van der Waals surface area contributed by atoms with E-state index < -0.39 is 0 Å². The fourth-order valence-electron chi connectivity index (χ4n) is 3.65. The zero-order chi connectivity index (χ0) is 18.5. The first-order valence-electron chi connectivity index (χ1n) is 9.32. The number of nitrogens with zero attached hydrogens (tertiary/aromatic N) is 3. The van der Waals surface area contributed by atoms with Crippen LogP contribution in [0.25, 0.3) is 0 Å². The van der Waals surface area contributed by atoms with E-state index in [0.29, 0.717) is 6.54 Å². The lowest BCUT2D eigenvalue weighted by Crippen LogP contribution is -3.15. The quantitative estimate of drug-likeness (QED) is 0.755. The lowest BCUT2D eigenvalue weighted by Gasteiger charge is -2.37. The summed E-state index contributed by atoms with van der Waals surface area (Å²) in [5.74, 6) is 1.21. The van der Waals surface area contributed by atoms with Gasteiger partial charge in [0.25, 0.3) is 5.91 Å². The van der Waals surface area contributed by atoms with E-state index in [0.717, 1.165) is 58.1 Å². The monoisotopic (exact) mass is 361 g/mol. The Labute approximate surface area is 155 Å². The summed E-state index contributed by atoms with van der Waals surface area (Å²) in [6.45, 7) is 8.60. The topological polar surface area (TPSA) is 57.5 Å².